The van der Waals surface area contributed by atoms with E-state index in [4.69, 9.17) is 16.3 Å². The minimum atomic E-state index is -0.307. The molecular weight excluding hydrogens is 267 g/mol. The van der Waals surface area contributed by atoms with Crippen molar-refractivity contribution in [1.29, 1.82) is 0 Å². The average Bonchev–Trinajstić information content (AvgIpc) is 2.67. The van der Waals surface area contributed by atoms with E-state index in [-0.39, 0.29) is 11.4 Å². The topological polar surface area (TPSA) is 27.1 Å². The zero-order chi connectivity index (χ0) is 14.0. The highest BCUT2D eigenvalue weighted by atomic mass is 35.5. The monoisotopic (exact) mass is 284 g/mol. The van der Waals surface area contributed by atoms with Gasteiger partial charge >= 0.3 is 0 Å². The van der Waals surface area contributed by atoms with Crippen molar-refractivity contribution in [3.63, 3.8) is 0 Å². The van der Waals surface area contributed by atoms with E-state index in [1.165, 1.54) is 12.1 Å². The summed E-state index contributed by atoms with van der Waals surface area (Å²) >= 11 is 5.84. The molecule has 0 saturated carbocycles. The molecule has 0 bridgehead atoms. The summed E-state index contributed by atoms with van der Waals surface area (Å²) in [4.78, 5) is 4.55. The molecule has 0 aliphatic carbocycles. The Morgan fingerprint density at radius 3 is 2.79 bits per heavy atom. The van der Waals surface area contributed by atoms with Gasteiger partial charge in [0.05, 0.1) is 23.2 Å². The fraction of sp³-hybridized carbons (Fsp3) is 0.500. The van der Waals surface area contributed by atoms with Crippen molar-refractivity contribution < 1.29 is 9.13 Å². The number of aromatic nitrogens is 2. The SMILES string of the molecule is COCC(C)(C)n1c(CCCl)nc2ccc(F)cc21. The Hall–Kier alpha value is -1.13. The van der Waals surface area contributed by atoms with Gasteiger partial charge in [-0.2, -0.15) is 0 Å². The molecule has 0 amide bonds. The number of alkyl halides is 1. The molecule has 1 heterocycles. The lowest BCUT2D eigenvalue weighted by molar-refractivity contribution is 0.110. The number of aryl methyl sites for hydroxylation is 1. The molecule has 0 aliphatic heterocycles. The van der Waals surface area contributed by atoms with Crippen LogP contribution in [0.4, 0.5) is 4.39 Å². The maximum Gasteiger partial charge on any atom is 0.125 e. The Bertz CT molecular complexity index is 580. The molecule has 3 nitrogen and oxygen atoms in total. The number of halogens is 2. The van der Waals surface area contributed by atoms with E-state index in [1.54, 1.807) is 13.2 Å². The van der Waals surface area contributed by atoms with Crippen molar-refractivity contribution in [1.82, 2.24) is 9.55 Å². The summed E-state index contributed by atoms with van der Waals surface area (Å²) in [5.74, 6) is 1.08. The summed E-state index contributed by atoms with van der Waals surface area (Å²) in [6.45, 7) is 4.60. The number of nitrogens with zero attached hydrogens (tertiary/aromatic N) is 2. The lowest BCUT2D eigenvalue weighted by atomic mass is 10.1. The Morgan fingerprint density at radius 1 is 1.42 bits per heavy atom. The fourth-order valence-electron chi connectivity index (χ4n) is 2.44. The van der Waals surface area contributed by atoms with E-state index < -0.39 is 0 Å². The smallest absolute Gasteiger partial charge is 0.125 e. The number of methoxy groups -OCH3 is 1. The molecule has 0 atom stereocenters. The number of rotatable bonds is 5. The molecule has 104 valence electrons. The van der Waals surface area contributed by atoms with Crippen molar-refractivity contribution in [3.8, 4) is 0 Å². The third kappa shape index (κ3) is 2.74. The second-order valence-electron chi connectivity index (χ2n) is 5.18. The highest BCUT2D eigenvalue weighted by molar-refractivity contribution is 6.17. The molecule has 0 N–H and O–H groups in total. The Labute approximate surface area is 117 Å². The molecule has 0 saturated heterocycles. The van der Waals surface area contributed by atoms with Gasteiger partial charge in [-0.05, 0) is 32.0 Å². The minimum Gasteiger partial charge on any atom is -0.382 e. The zero-order valence-electron chi connectivity index (χ0n) is 11.4. The lowest BCUT2D eigenvalue weighted by Gasteiger charge is -2.28. The summed E-state index contributed by atoms with van der Waals surface area (Å²) in [5.41, 5.74) is 1.26. The first kappa shape index (κ1) is 14.3. The van der Waals surface area contributed by atoms with Gasteiger partial charge in [-0.15, -0.1) is 11.6 Å². The summed E-state index contributed by atoms with van der Waals surface area (Å²) in [5, 5.41) is 0. The van der Waals surface area contributed by atoms with Crippen LogP contribution in [0.3, 0.4) is 0 Å². The molecule has 5 heteroatoms. The van der Waals surface area contributed by atoms with E-state index in [1.807, 2.05) is 18.4 Å². The van der Waals surface area contributed by atoms with E-state index in [0.717, 1.165) is 16.9 Å². The van der Waals surface area contributed by atoms with Gasteiger partial charge in [0.1, 0.15) is 11.6 Å². The highest BCUT2D eigenvalue weighted by Crippen LogP contribution is 2.27. The number of ether oxygens (including phenoxy) is 1. The van der Waals surface area contributed by atoms with Crippen LogP contribution in [0.2, 0.25) is 0 Å². The number of fused-ring (bicyclic) bond motifs is 1. The standard InChI is InChI=1S/C14H18ClFN2O/c1-14(2,9-19-3)18-12-8-10(16)4-5-11(12)17-13(18)6-7-15/h4-5,8H,6-7,9H2,1-3H3. The first-order valence-corrected chi connectivity index (χ1v) is 6.75. The van der Waals surface area contributed by atoms with Gasteiger partial charge in [-0.3, -0.25) is 0 Å². The molecule has 0 spiro atoms. The molecule has 0 unspecified atom stereocenters. The predicted octanol–water partition coefficient (Wildman–Crippen LogP) is 3.34. The van der Waals surface area contributed by atoms with Crippen LogP contribution in [0.5, 0.6) is 0 Å². The van der Waals surface area contributed by atoms with Gasteiger partial charge in [0.25, 0.3) is 0 Å². The van der Waals surface area contributed by atoms with Gasteiger partial charge in [0.2, 0.25) is 0 Å². The van der Waals surface area contributed by atoms with E-state index >= 15 is 0 Å². The molecule has 19 heavy (non-hydrogen) atoms. The third-order valence-corrected chi connectivity index (χ3v) is 3.30. The van der Waals surface area contributed by atoms with Crippen LogP contribution in [-0.2, 0) is 16.7 Å². The normalized spacial score (nSPS) is 12.3. The predicted molar refractivity (Wildman–Crippen MR) is 75.3 cm³/mol. The average molecular weight is 285 g/mol. The highest BCUT2D eigenvalue weighted by Gasteiger charge is 2.26. The van der Waals surface area contributed by atoms with Gasteiger partial charge < -0.3 is 9.30 Å². The molecule has 0 radical (unpaired) electrons. The summed E-state index contributed by atoms with van der Waals surface area (Å²) in [6, 6.07) is 4.63. The molecule has 0 fully saturated rings. The molecule has 1 aromatic carbocycles. The number of hydrogen-bond acceptors (Lipinski definition) is 2. The first-order chi connectivity index (χ1) is 8.99. The maximum absolute atomic E-state index is 13.5. The van der Waals surface area contributed by atoms with Gasteiger partial charge in [0.15, 0.2) is 0 Å². The Morgan fingerprint density at radius 2 is 2.16 bits per heavy atom. The maximum atomic E-state index is 13.5. The first-order valence-electron chi connectivity index (χ1n) is 6.22. The summed E-state index contributed by atoms with van der Waals surface area (Å²) in [6.07, 6.45) is 0.644. The molecule has 2 aromatic rings. The van der Waals surface area contributed by atoms with E-state index in [0.29, 0.717) is 18.9 Å². The third-order valence-electron chi connectivity index (χ3n) is 3.11. The summed E-state index contributed by atoms with van der Waals surface area (Å²) in [7, 11) is 1.66. The molecule has 2 rings (SSSR count). The number of benzene rings is 1. The van der Waals surface area contributed by atoms with Crippen molar-refractivity contribution >= 4 is 22.6 Å². The lowest BCUT2D eigenvalue weighted by Crippen LogP contribution is -2.33. The second-order valence-corrected chi connectivity index (χ2v) is 5.56. The van der Waals surface area contributed by atoms with Crippen LogP contribution >= 0.6 is 11.6 Å². The minimum absolute atomic E-state index is 0.265. The van der Waals surface area contributed by atoms with Gasteiger partial charge in [0, 0.05) is 19.4 Å². The van der Waals surface area contributed by atoms with Crippen molar-refractivity contribution in [2.75, 3.05) is 19.6 Å². The summed E-state index contributed by atoms with van der Waals surface area (Å²) < 4.78 is 20.8. The van der Waals surface area contributed by atoms with Gasteiger partial charge in [-0.1, -0.05) is 0 Å². The van der Waals surface area contributed by atoms with Crippen LogP contribution in [0.15, 0.2) is 18.2 Å². The second kappa shape index (κ2) is 5.47. The van der Waals surface area contributed by atoms with Crippen LogP contribution in [0.1, 0.15) is 19.7 Å². The molecule has 1 aromatic heterocycles. The largest absolute Gasteiger partial charge is 0.382 e. The number of imidazole rings is 1. The number of hydrogen-bond donors (Lipinski definition) is 0. The fourth-order valence-corrected chi connectivity index (χ4v) is 2.61. The van der Waals surface area contributed by atoms with Gasteiger partial charge in [-0.25, -0.2) is 9.37 Å². The van der Waals surface area contributed by atoms with E-state index in [2.05, 4.69) is 4.98 Å². The molecule has 0 aliphatic rings. The van der Waals surface area contributed by atoms with Crippen LogP contribution in [0.25, 0.3) is 11.0 Å². The zero-order valence-corrected chi connectivity index (χ0v) is 12.2. The quantitative estimate of drug-likeness (QED) is 0.788. The van der Waals surface area contributed by atoms with Crippen LogP contribution < -0.4 is 0 Å². The van der Waals surface area contributed by atoms with Crippen LogP contribution in [-0.4, -0.2) is 29.1 Å². The Kier molecular flexibility index (Phi) is 4.11. The van der Waals surface area contributed by atoms with Crippen LogP contribution in [0, 0.1) is 5.82 Å². The van der Waals surface area contributed by atoms with Crippen molar-refractivity contribution in [2.24, 2.45) is 0 Å². The van der Waals surface area contributed by atoms with Crippen molar-refractivity contribution in [2.45, 2.75) is 25.8 Å². The van der Waals surface area contributed by atoms with Crippen molar-refractivity contribution in [3.05, 3.63) is 29.8 Å². The molecular formula is C14H18ClFN2O. The Balaban J connectivity index is 2.66. The van der Waals surface area contributed by atoms with E-state index in [9.17, 15) is 4.39 Å².